The summed E-state index contributed by atoms with van der Waals surface area (Å²) in [4.78, 5) is 4.66. The van der Waals surface area contributed by atoms with Gasteiger partial charge in [0.05, 0.1) is 27.8 Å². The summed E-state index contributed by atoms with van der Waals surface area (Å²) in [5.74, 6) is 0. The Kier molecular flexibility index (Phi) is 4.85. The molecule has 0 spiro atoms. The summed E-state index contributed by atoms with van der Waals surface area (Å²) in [5.41, 5.74) is 8.63. The van der Waals surface area contributed by atoms with E-state index in [1.807, 2.05) is 24.3 Å². The topological polar surface area (TPSA) is 46.5 Å². The molecule has 0 fully saturated rings. The van der Waals surface area contributed by atoms with E-state index in [0.717, 1.165) is 55.3 Å². The Balaban J connectivity index is 1.61. The number of hydrogen-bond donors (Lipinski definition) is 0. The summed E-state index contributed by atoms with van der Waals surface area (Å²) in [7, 11) is 0. The van der Waals surface area contributed by atoms with E-state index in [0.29, 0.717) is 5.69 Å². The lowest BCUT2D eigenvalue weighted by atomic mass is 10.1. The summed E-state index contributed by atoms with van der Waals surface area (Å²) in [6, 6.07) is 46.6. The van der Waals surface area contributed by atoms with Crippen molar-refractivity contribution < 1.29 is 0 Å². The smallest absolute Gasteiger partial charge is 0.164 e. The molecule has 5 aromatic carbocycles. The third-order valence-electron chi connectivity index (χ3n) is 7.80. The van der Waals surface area contributed by atoms with Gasteiger partial charge in [-0.1, -0.05) is 97.1 Å². The predicted octanol–water partition coefficient (Wildman–Crippen LogP) is 8.81. The van der Waals surface area contributed by atoms with E-state index in [2.05, 4.69) is 123 Å². The van der Waals surface area contributed by atoms with E-state index >= 15 is 0 Å². The highest BCUT2D eigenvalue weighted by Crippen LogP contribution is 2.42. The minimum absolute atomic E-state index is 0.390. The Hall–Kier alpha value is -5.66. The van der Waals surface area contributed by atoms with Crippen molar-refractivity contribution >= 4 is 43.6 Å². The molecular weight excluding hydrogens is 488 g/mol. The maximum absolute atomic E-state index is 10.3. The highest BCUT2D eigenvalue weighted by atomic mass is 15.1. The van der Waals surface area contributed by atoms with Gasteiger partial charge in [0.1, 0.15) is 6.07 Å². The molecule has 0 radical (unpaired) electrons. The maximum Gasteiger partial charge on any atom is 0.164 e. The first-order valence-corrected chi connectivity index (χ1v) is 13.3. The fourth-order valence-corrected chi connectivity index (χ4v) is 6.09. The molecule has 3 aromatic heterocycles. The summed E-state index contributed by atoms with van der Waals surface area (Å²) < 4.78 is 4.59. The molecule has 40 heavy (non-hydrogen) atoms. The van der Waals surface area contributed by atoms with Gasteiger partial charge in [-0.25, -0.2) is 4.98 Å². The molecule has 0 aliphatic rings. The fraction of sp³-hybridized carbons (Fsp3) is 0. The van der Waals surface area contributed by atoms with Crippen molar-refractivity contribution in [1.29, 1.82) is 5.26 Å². The molecule has 4 heteroatoms. The van der Waals surface area contributed by atoms with Crippen LogP contribution in [0.25, 0.3) is 66.1 Å². The second kappa shape index (κ2) is 8.69. The van der Waals surface area contributed by atoms with Crippen molar-refractivity contribution in [3.05, 3.63) is 139 Å². The highest BCUT2D eigenvalue weighted by molar-refractivity contribution is 6.23. The standard InChI is InChI=1S/C36H22N4/c37-22-31-34(21-25(23-38-31)24-11-3-1-4-12-24)40-33-18-10-8-16-28(33)30-20-19-29-27-15-7-9-17-32(27)39(35(29)36(30)40)26-13-5-2-6-14-26/h1-21,23H. The highest BCUT2D eigenvalue weighted by Gasteiger charge is 2.22. The lowest BCUT2D eigenvalue weighted by Crippen LogP contribution is -2.02. The van der Waals surface area contributed by atoms with Crippen LogP contribution in [0, 0.1) is 11.3 Å². The molecule has 0 atom stereocenters. The molecular formula is C36H22N4. The molecule has 8 rings (SSSR count). The third kappa shape index (κ3) is 3.15. The van der Waals surface area contributed by atoms with Crippen molar-refractivity contribution in [2.24, 2.45) is 0 Å². The Bertz CT molecular complexity index is 2270. The second-order valence-corrected chi connectivity index (χ2v) is 9.97. The van der Waals surface area contributed by atoms with Crippen LogP contribution < -0.4 is 0 Å². The number of pyridine rings is 1. The van der Waals surface area contributed by atoms with Crippen molar-refractivity contribution in [2.75, 3.05) is 0 Å². The van der Waals surface area contributed by atoms with Crippen molar-refractivity contribution in [2.45, 2.75) is 0 Å². The molecule has 0 N–H and O–H groups in total. The number of hydrogen-bond acceptors (Lipinski definition) is 2. The molecule has 0 amide bonds. The number of aromatic nitrogens is 3. The summed E-state index contributed by atoms with van der Waals surface area (Å²) in [5, 5.41) is 14.9. The molecule has 0 aliphatic carbocycles. The van der Waals surface area contributed by atoms with Gasteiger partial charge in [0.2, 0.25) is 0 Å². The van der Waals surface area contributed by atoms with Crippen LogP contribution in [0.1, 0.15) is 5.69 Å². The van der Waals surface area contributed by atoms with Gasteiger partial charge in [0, 0.05) is 39.0 Å². The normalized spacial score (nSPS) is 11.5. The number of para-hydroxylation sites is 3. The van der Waals surface area contributed by atoms with Crippen LogP contribution in [0.3, 0.4) is 0 Å². The number of nitrogens with zero attached hydrogens (tertiary/aromatic N) is 4. The SMILES string of the molecule is N#Cc1ncc(-c2ccccc2)cc1-n1c2ccccc2c2ccc3c4ccccc4n(-c4ccccc4)c3c21. The van der Waals surface area contributed by atoms with Gasteiger partial charge < -0.3 is 9.13 Å². The number of benzene rings is 5. The number of fused-ring (bicyclic) bond motifs is 7. The molecule has 0 bridgehead atoms. The predicted molar refractivity (Wildman–Crippen MR) is 163 cm³/mol. The zero-order valence-corrected chi connectivity index (χ0v) is 21.5. The molecule has 4 nitrogen and oxygen atoms in total. The van der Waals surface area contributed by atoms with Crippen molar-refractivity contribution in [3.8, 4) is 28.6 Å². The number of nitriles is 1. The zero-order chi connectivity index (χ0) is 26.6. The first-order chi connectivity index (χ1) is 19.8. The van der Waals surface area contributed by atoms with E-state index < -0.39 is 0 Å². The Labute approximate surface area is 230 Å². The van der Waals surface area contributed by atoms with E-state index in [4.69, 9.17) is 0 Å². The molecule has 0 saturated carbocycles. The summed E-state index contributed by atoms with van der Waals surface area (Å²) in [6.45, 7) is 0. The first kappa shape index (κ1) is 22.3. The fourth-order valence-electron chi connectivity index (χ4n) is 6.09. The minimum atomic E-state index is 0.390. The molecule has 3 heterocycles. The minimum Gasteiger partial charge on any atom is -0.307 e. The maximum atomic E-state index is 10.3. The van der Waals surface area contributed by atoms with Crippen LogP contribution >= 0.6 is 0 Å². The monoisotopic (exact) mass is 510 g/mol. The average molecular weight is 511 g/mol. The van der Waals surface area contributed by atoms with Crippen LogP contribution in [0.5, 0.6) is 0 Å². The molecule has 0 unspecified atom stereocenters. The Morgan fingerprint density at radius 1 is 0.525 bits per heavy atom. The average Bonchev–Trinajstić information content (AvgIpc) is 3.55. The van der Waals surface area contributed by atoms with Crippen LogP contribution in [-0.4, -0.2) is 14.1 Å². The van der Waals surface area contributed by atoms with Gasteiger partial charge in [-0.05, 0) is 35.9 Å². The molecule has 0 aliphatic heterocycles. The van der Waals surface area contributed by atoms with E-state index in [9.17, 15) is 5.26 Å². The largest absolute Gasteiger partial charge is 0.307 e. The van der Waals surface area contributed by atoms with E-state index in [1.165, 1.54) is 10.8 Å². The Morgan fingerprint density at radius 2 is 1.07 bits per heavy atom. The third-order valence-corrected chi connectivity index (χ3v) is 7.80. The van der Waals surface area contributed by atoms with Gasteiger partial charge in [-0.2, -0.15) is 5.26 Å². The van der Waals surface area contributed by atoms with E-state index in [-0.39, 0.29) is 0 Å². The lowest BCUT2D eigenvalue weighted by molar-refractivity contribution is 1.11. The quantitative estimate of drug-likeness (QED) is 0.238. The lowest BCUT2D eigenvalue weighted by Gasteiger charge is -2.14. The zero-order valence-electron chi connectivity index (χ0n) is 21.5. The van der Waals surface area contributed by atoms with Crippen LogP contribution in [0.4, 0.5) is 0 Å². The van der Waals surface area contributed by atoms with Crippen LogP contribution in [0.2, 0.25) is 0 Å². The van der Waals surface area contributed by atoms with Gasteiger partial charge in [0.15, 0.2) is 5.69 Å². The molecule has 0 saturated heterocycles. The van der Waals surface area contributed by atoms with Gasteiger partial charge >= 0.3 is 0 Å². The first-order valence-electron chi connectivity index (χ1n) is 13.3. The van der Waals surface area contributed by atoms with Gasteiger partial charge in [0.25, 0.3) is 0 Å². The van der Waals surface area contributed by atoms with Gasteiger partial charge in [-0.3, -0.25) is 0 Å². The Morgan fingerprint density at radius 3 is 1.73 bits per heavy atom. The van der Waals surface area contributed by atoms with Crippen LogP contribution in [0.15, 0.2) is 134 Å². The van der Waals surface area contributed by atoms with Gasteiger partial charge in [-0.15, -0.1) is 0 Å². The summed E-state index contributed by atoms with van der Waals surface area (Å²) in [6.07, 6.45) is 1.79. The second-order valence-electron chi connectivity index (χ2n) is 9.97. The van der Waals surface area contributed by atoms with Crippen LogP contribution in [-0.2, 0) is 0 Å². The number of rotatable bonds is 3. The van der Waals surface area contributed by atoms with Crippen molar-refractivity contribution in [3.63, 3.8) is 0 Å². The molecule has 8 aromatic rings. The van der Waals surface area contributed by atoms with Crippen molar-refractivity contribution in [1.82, 2.24) is 14.1 Å². The summed E-state index contributed by atoms with van der Waals surface area (Å²) >= 11 is 0. The molecule has 186 valence electrons. The van der Waals surface area contributed by atoms with E-state index in [1.54, 1.807) is 6.20 Å².